The van der Waals surface area contributed by atoms with Gasteiger partial charge < -0.3 is 15.3 Å². The van der Waals surface area contributed by atoms with Gasteiger partial charge in [-0.2, -0.15) is 0 Å². The van der Waals surface area contributed by atoms with E-state index in [1.807, 2.05) is 17.0 Å². The Bertz CT molecular complexity index is 511. The SMILES string of the molecule is CC(C)(C)CC(=O)N1CCC(NCCc2ccc(CO)cc2)CC1. The molecule has 1 aromatic rings. The van der Waals surface area contributed by atoms with Crippen LogP contribution in [0.4, 0.5) is 0 Å². The molecule has 2 N–H and O–H groups in total. The second-order valence-electron chi connectivity index (χ2n) is 8.07. The molecule has 24 heavy (non-hydrogen) atoms. The first-order valence-electron chi connectivity index (χ1n) is 9.07. The maximum Gasteiger partial charge on any atom is 0.223 e. The number of likely N-dealkylation sites (tertiary alicyclic amines) is 1. The zero-order valence-electron chi connectivity index (χ0n) is 15.3. The number of piperidine rings is 1. The quantitative estimate of drug-likeness (QED) is 0.842. The molecule has 0 radical (unpaired) electrons. The molecule has 0 aromatic heterocycles. The van der Waals surface area contributed by atoms with Crippen LogP contribution < -0.4 is 5.32 Å². The van der Waals surface area contributed by atoms with Gasteiger partial charge in [0.15, 0.2) is 0 Å². The van der Waals surface area contributed by atoms with Gasteiger partial charge in [0, 0.05) is 25.6 Å². The molecule has 134 valence electrons. The van der Waals surface area contributed by atoms with E-state index < -0.39 is 0 Å². The molecular formula is C20H32N2O2. The fraction of sp³-hybridized carbons (Fsp3) is 0.650. The van der Waals surface area contributed by atoms with Crippen LogP contribution in [0.1, 0.15) is 51.2 Å². The minimum Gasteiger partial charge on any atom is -0.392 e. The van der Waals surface area contributed by atoms with E-state index in [1.165, 1.54) is 5.56 Å². The lowest BCUT2D eigenvalue weighted by Crippen LogP contribution is -2.46. The van der Waals surface area contributed by atoms with Crippen LogP contribution in [-0.2, 0) is 17.8 Å². The number of aliphatic hydroxyl groups excluding tert-OH is 1. The summed E-state index contributed by atoms with van der Waals surface area (Å²) < 4.78 is 0. The van der Waals surface area contributed by atoms with Crippen molar-refractivity contribution >= 4 is 5.91 Å². The van der Waals surface area contributed by atoms with Crippen molar-refractivity contribution < 1.29 is 9.90 Å². The van der Waals surface area contributed by atoms with E-state index in [1.54, 1.807) is 0 Å². The predicted molar refractivity (Wildman–Crippen MR) is 97.7 cm³/mol. The molecule has 1 heterocycles. The van der Waals surface area contributed by atoms with Gasteiger partial charge >= 0.3 is 0 Å². The summed E-state index contributed by atoms with van der Waals surface area (Å²) in [4.78, 5) is 14.3. The molecule has 2 rings (SSSR count). The molecule has 1 saturated heterocycles. The van der Waals surface area contributed by atoms with Crippen LogP contribution in [0, 0.1) is 5.41 Å². The highest BCUT2D eigenvalue weighted by Crippen LogP contribution is 2.21. The Balaban J connectivity index is 1.66. The molecule has 0 aliphatic carbocycles. The average Bonchev–Trinajstić information content (AvgIpc) is 2.54. The third-order valence-electron chi connectivity index (χ3n) is 4.58. The maximum absolute atomic E-state index is 12.3. The second-order valence-corrected chi connectivity index (χ2v) is 8.07. The molecule has 0 unspecified atom stereocenters. The third-order valence-corrected chi connectivity index (χ3v) is 4.58. The fourth-order valence-corrected chi connectivity index (χ4v) is 3.13. The Morgan fingerprint density at radius 2 is 1.75 bits per heavy atom. The normalized spacial score (nSPS) is 16.4. The Kier molecular flexibility index (Phi) is 6.81. The Hall–Kier alpha value is -1.39. The molecule has 4 nitrogen and oxygen atoms in total. The molecule has 0 spiro atoms. The molecule has 1 aromatic carbocycles. The summed E-state index contributed by atoms with van der Waals surface area (Å²) in [6.45, 7) is 9.16. The van der Waals surface area contributed by atoms with Crippen LogP contribution in [0.2, 0.25) is 0 Å². The summed E-state index contributed by atoms with van der Waals surface area (Å²) in [5.41, 5.74) is 2.31. The number of nitrogens with zero attached hydrogens (tertiary/aromatic N) is 1. The first kappa shape index (κ1) is 18.9. The van der Waals surface area contributed by atoms with Gasteiger partial charge in [0.1, 0.15) is 0 Å². The molecule has 1 fully saturated rings. The lowest BCUT2D eigenvalue weighted by atomic mass is 9.91. The fourth-order valence-electron chi connectivity index (χ4n) is 3.13. The van der Waals surface area contributed by atoms with Crippen molar-refractivity contribution in [2.75, 3.05) is 19.6 Å². The van der Waals surface area contributed by atoms with Gasteiger partial charge in [0.05, 0.1) is 6.61 Å². The summed E-state index contributed by atoms with van der Waals surface area (Å²) in [7, 11) is 0. The molecular weight excluding hydrogens is 300 g/mol. The predicted octanol–water partition coefficient (Wildman–Crippen LogP) is 2.74. The Labute approximate surface area is 146 Å². The molecule has 4 heteroatoms. The number of nitrogens with one attached hydrogen (secondary N) is 1. The van der Waals surface area contributed by atoms with Gasteiger partial charge in [-0.3, -0.25) is 4.79 Å². The largest absolute Gasteiger partial charge is 0.392 e. The van der Waals surface area contributed by atoms with Gasteiger partial charge in [-0.25, -0.2) is 0 Å². The molecule has 0 atom stereocenters. The van der Waals surface area contributed by atoms with Gasteiger partial charge in [0.25, 0.3) is 0 Å². The summed E-state index contributed by atoms with van der Waals surface area (Å²) in [6, 6.07) is 8.64. The second kappa shape index (κ2) is 8.63. The first-order chi connectivity index (χ1) is 11.4. The van der Waals surface area contributed by atoms with E-state index in [0.717, 1.165) is 44.5 Å². The van der Waals surface area contributed by atoms with E-state index in [2.05, 4.69) is 38.2 Å². The molecule has 1 aliphatic rings. The Morgan fingerprint density at radius 3 is 2.29 bits per heavy atom. The van der Waals surface area contributed by atoms with Crippen molar-refractivity contribution in [1.82, 2.24) is 10.2 Å². The van der Waals surface area contributed by atoms with Gasteiger partial charge in [-0.1, -0.05) is 45.0 Å². The van der Waals surface area contributed by atoms with E-state index >= 15 is 0 Å². The topological polar surface area (TPSA) is 52.6 Å². The number of benzene rings is 1. The zero-order valence-corrected chi connectivity index (χ0v) is 15.3. The van der Waals surface area contributed by atoms with Crippen LogP contribution in [-0.4, -0.2) is 41.6 Å². The van der Waals surface area contributed by atoms with Gasteiger partial charge in [0.2, 0.25) is 5.91 Å². The van der Waals surface area contributed by atoms with Crippen LogP contribution in [0.3, 0.4) is 0 Å². The van der Waals surface area contributed by atoms with Crippen molar-refractivity contribution in [3.05, 3.63) is 35.4 Å². The molecule has 0 bridgehead atoms. The molecule has 1 amide bonds. The number of hydrogen-bond donors (Lipinski definition) is 2. The molecule has 0 saturated carbocycles. The van der Waals surface area contributed by atoms with Crippen LogP contribution in [0.25, 0.3) is 0 Å². The lowest BCUT2D eigenvalue weighted by Gasteiger charge is -2.34. The lowest BCUT2D eigenvalue weighted by molar-refractivity contribution is -0.134. The van der Waals surface area contributed by atoms with E-state index in [0.29, 0.717) is 18.4 Å². The van der Waals surface area contributed by atoms with Crippen molar-refractivity contribution in [3.63, 3.8) is 0 Å². The maximum atomic E-state index is 12.3. The van der Waals surface area contributed by atoms with Gasteiger partial charge in [-0.05, 0) is 42.3 Å². The summed E-state index contributed by atoms with van der Waals surface area (Å²) in [6.07, 6.45) is 3.71. The van der Waals surface area contributed by atoms with Crippen molar-refractivity contribution in [3.8, 4) is 0 Å². The number of rotatable bonds is 6. The first-order valence-corrected chi connectivity index (χ1v) is 9.07. The third kappa shape index (κ3) is 6.25. The number of carbonyl (C=O) groups excluding carboxylic acids is 1. The van der Waals surface area contributed by atoms with E-state index in [4.69, 9.17) is 5.11 Å². The monoisotopic (exact) mass is 332 g/mol. The standard InChI is InChI=1S/C20H32N2O2/c1-20(2,3)14-19(24)22-12-9-18(10-13-22)21-11-8-16-4-6-17(15-23)7-5-16/h4-7,18,21,23H,8-15H2,1-3H3. The zero-order chi connectivity index (χ0) is 17.6. The number of aliphatic hydroxyl groups is 1. The van der Waals surface area contributed by atoms with Crippen LogP contribution in [0.5, 0.6) is 0 Å². The number of amides is 1. The van der Waals surface area contributed by atoms with Crippen LogP contribution >= 0.6 is 0 Å². The van der Waals surface area contributed by atoms with E-state index in [-0.39, 0.29) is 12.0 Å². The molecule has 1 aliphatic heterocycles. The Morgan fingerprint density at radius 1 is 1.17 bits per heavy atom. The minimum atomic E-state index is 0.0672. The minimum absolute atomic E-state index is 0.0672. The van der Waals surface area contributed by atoms with Crippen molar-refractivity contribution in [1.29, 1.82) is 0 Å². The highest BCUT2D eigenvalue weighted by molar-refractivity contribution is 5.76. The van der Waals surface area contributed by atoms with Crippen LogP contribution in [0.15, 0.2) is 24.3 Å². The number of hydrogen-bond acceptors (Lipinski definition) is 3. The van der Waals surface area contributed by atoms with Crippen molar-refractivity contribution in [2.24, 2.45) is 5.41 Å². The highest BCUT2D eigenvalue weighted by Gasteiger charge is 2.25. The smallest absolute Gasteiger partial charge is 0.223 e. The summed E-state index contributed by atoms with van der Waals surface area (Å²) in [5, 5.41) is 12.7. The van der Waals surface area contributed by atoms with E-state index in [9.17, 15) is 4.79 Å². The highest BCUT2D eigenvalue weighted by atomic mass is 16.3. The number of carbonyl (C=O) groups is 1. The summed E-state index contributed by atoms with van der Waals surface area (Å²) in [5.74, 6) is 0.296. The summed E-state index contributed by atoms with van der Waals surface area (Å²) >= 11 is 0. The van der Waals surface area contributed by atoms with Crippen molar-refractivity contribution in [2.45, 2.75) is 59.1 Å². The van der Waals surface area contributed by atoms with Gasteiger partial charge in [-0.15, -0.1) is 0 Å². The average molecular weight is 332 g/mol.